The van der Waals surface area contributed by atoms with E-state index in [-0.39, 0.29) is 30.8 Å². The summed E-state index contributed by atoms with van der Waals surface area (Å²) in [6, 6.07) is 9.52. The van der Waals surface area contributed by atoms with Crippen LogP contribution in [0, 0.1) is 5.92 Å². The van der Waals surface area contributed by atoms with Crippen molar-refractivity contribution < 1.29 is 14.4 Å². The second-order valence-corrected chi connectivity index (χ2v) is 9.19. The number of rotatable bonds is 5. The molecule has 2 heterocycles. The first-order valence-corrected chi connectivity index (χ1v) is 11.6. The van der Waals surface area contributed by atoms with Crippen LogP contribution < -0.4 is 10.6 Å². The van der Waals surface area contributed by atoms with Gasteiger partial charge in [-0.15, -0.1) is 0 Å². The molecule has 1 aliphatic heterocycles. The molecule has 1 aromatic heterocycles. The Balaban J connectivity index is 1.26. The summed E-state index contributed by atoms with van der Waals surface area (Å²) in [6.45, 7) is 2.03. The molecule has 2 unspecified atom stereocenters. The van der Waals surface area contributed by atoms with Crippen LogP contribution in [0.1, 0.15) is 56.0 Å². The van der Waals surface area contributed by atoms with Crippen LogP contribution in [-0.2, 0) is 29.0 Å². The standard InChI is InChI=1S/C24H29N5O3/c1-16-8-5-6-13-24(16)22(31)28(23(32)26-24)15-21(30)25-14-19-18-11-7-12-20(18)29(27-19)17-9-3-2-4-10-17/h2-4,9-10,16H,5-8,11-15H2,1H3,(H,25,30)(H,26,32). The molecule has 1 aromatic carbocycles. The zero-order valence-electron chi connectivity index (χ0n) is 18.4. The van der Waals surface area contributed by atoms with Gasteiger partial charge in [0.15, 0.2) is 0 Å². The van der Waals surface area contributed by atoms with Crippen LogP contribution >= 0.6 is 0 Å². The lowest BCUT2D eigenvalue weighted by Crippen LogP contribution is -2.54. The zero-order valence-corrected chi connectivity index (χ0v) is 18.4. The number of nitrogens with one attached hydrogen (secondary N) is 2. The maximum absolute atomic E-state index is 13.1. The molecule has 2 fully saturated rings. The molecular weight excluding hydrogens is 406 g/mol. The van der Waals surface area contributed by atoms with Gasteiger partial charge in [0.1, 0.15) is 12.1 Å². The molecule has 5 rings (SSSR count). The van der Waals surface area contributed by atoms with Gasteiger partial charge in [0.25, 0.3) is 5.91 Å². The number of amides is 4. The number of hydrogen-bond donors (Lipinski definition) is 2. The summed E-state index contributed by atoms with van der Waals surface area (Å²) in [6.07, 6.45) is 6.50. The number of urea groups is 1. The minimum Gasteiger partial charge on any atom is -0.349 e. The number of hydrogen-bond acceptors (Lipinski definition) is 4. The average Bonchev–Trinajstić information content (AvgIpc) is 3.46. The normalized spacial score (nSPS) is 24.7. The van der Waals surface area contributed by atoms with Gasteiger partial charge in [-0.25, -0.2) is 9.48 Å². The Hall–Kier alpha value is -3.16. The quantitative estimate of drug-likeness (QED) is 0.705. The molecule has 1 saturated carbocycles. The fourth-order valence-corrected chi connectivity index (χ4v) is 5.46. The molecule has 3 aliphatic rings. The number of aromatic nitrogens is 2. The van der Waals surface area contributed by atoms with E-state index in [1.807, 2.05) is 41.9 Å². The molecule has 0 radical (unpaired) electrons. The van der Waals surface area contributed by atoms with Crippen molar-refractivity contribution in [1.29, 1.82) is 0 Å². The maximum atomic E-state index is 13.1. The predicted octanol–water partition coefficient (Wildman–Crippen LogP) is 2.48. The number of carbonyl (C=O) groups is 3. The van der Waals surface area contributed by atoms with Crippen molar-refractivity contribution in [3.63, 3.8) is 0 Å². The van der Waals surface area contributed by atoms with Gasteiger partial charge in [0.05, 0.1) is 17.9 Å². The first-order valence-electron chi connectivity index (χ1n) is 11.6. The van der Waals surface area contributed by atoms with Crippen molar-refractivity contribution in [2.45, 2.75) is 64.0 Å². The minimum absolute atomic E-state index is 0.0744. The van der Waals surface area contributed by atoms with E-state index in [4.69, 9.17) is 5.10 Å². The Morgan fingerprint density at radius 3 is 2.78 bits per heavy atom. The van der Waals surface area contributed by atoms with Crippen LogP contribution in [0.3, 0.4) is 0 Å². The van der Waals surface area contributed by atoms with Gasteiger partial charge in [-0.3, -0.25) is 14.5 Å². The molecule has 8 heteroatoms. The minimum atomic E-state index is -0.842. The van der Waals surface area contributed by atoms with Crippen molar-refractivity contribution in [3.8, 4) is 5.69 Å². The number of nitrogens with zero attached hydrogens (tertiary/aromatic N) is 3. The van der Waals surface area contributed by atoms with Crippen LogP contribution in [0.15, 0.2) is 30.3 Å². The molecule has 0 bridgehead atoms. The van der Waals surface area contributed by atoms with Crippen LogP contribution in [0.2, 0.25) is 0 Å². The summed E-state index contributed by atoms with van der Waals surface area (Å²) in [5.41, 5.74) is 3.41. The van der Waals surface area contributed by atoms with Gasteiger partial charge in [-0.2, -0.15) is 5.10 Å². The first kappa shape index (κ1) is 20.7. The Kier molecular flexibility index (Phi) is 5.23. The molecule has 1 saturated heterocycles. The third-order valence-electron chi connectivity index (χ3n) is 7.27. The smallest absolute Gasteiger partial charge is 0.325 e. The first-order chi connectivity index (χ1) is 15.5. The van der Waals surface area contributed by atoms with Crippen molar-refractivity contribution in [1.82, 2.24) is 25.3 Å². The summed E-state index contributed by atoms with van der Waals surface area (Å²) in [5, 5.41) is 10.5. The van der Waals surface area contributed by atoms with Gasteiger partial charge in [0, 0.05) is 5.69 Å². The van der Waals surface area contributed by atoms with Crippen LogP contribution in [0.5, 0.6) is 0 Å². The monoisotopic (exact) mass is 435 g/mol. The van der Waals surface area contributed by atoms with Crippen LogP contribution in [0.4, 0.5) is 4.79 Å². The maximum Gasteiger partial charge on any atom is 0.325 e. The molecular formula is C24H29N5O3. The highest BCUT2D eigenvalue weighted by Gasteiger charge is 2.55. The predicted molar refractivity (Wildman–Crippen MR) is 118 cm³/mol. The molecule has 2 aliphatic carbocycles. The number of para-hydroxylation sites is 1. The summed E-state index contributed by atoms with van der Waals surface area (Å²) < 4.78 is 1.97. The molecule has 1 spiro atoms. The Labute approximate surface area is 187 Å². The van der Waals surface area contributed by atoms with Crippen LogP contribution in [0.25, 0.3) is 5.69 Å². The number of benzene rings is 1. The fourth-order valence-electron chi connectivity index (χ4n) is 5.46. The van der Waals surface area contributed by atoms with Gasteiger partial charge in [-0.05, 0) is 55.7 Å². The SMILES string of the molecule is CC1CCCCC12NC(=O)N(CC(=O)NCc1nn(-c3ccccc3)c3c1CCC3)C2=O. The van der Waals surface area contributed by atoms with E-state index >= 15 is 0 Å². The molecule has 8 nitrogen and oxygen atoms in total. The summed E-state index contributed by atoms with van der Waals surface area (Å²) >= 11 is 0. The fraction of sp³-hybridized carbons (Fsp3) is 0.500. The highest BCUT2D eigenvalue weighted by molar-refractivity contribution is 6.09. The third-order valence-corrected chi connectivity index (χ3v) is 7.27. The van der Waals surface area contributed by atoms with E-state index < -0.39 is 11.6 Å². The molecule has 168 valence electrons. The summed E-state index contributed by atoms with van der Waals surface area (Å²) in [5.74, 6) is -0.542. The van der Waals surface area contributed by atoms with Gasteiger partial charge < -0.3 is 10.6 Å². The van der Waals surface area contributed by atoms with Crippen LogP contribution in [-0.4, -0.2) is 44.6 Å². The summed E-state index contributed by atoms with van der Waals surface area (Å²) in [4.78, 5) is 39.3. The van der Waals surface area contributed by atoms with Crippen molar-refractivity contribution >= 4 is 17.8 Å². The summed E-state index contributed by atoms with van der Waals surface area (Å²) in [7, 11) is 0. The molecule has 32 heavy (non-hydrogen) atoms. The lowest BCUT2D eigenvalue weighted by atomic mass is 9.73. The van der Waals surface area contributed by atoms with E-state index in [0.717, 1.165) is 54.8 Å². The van der Waals surface area contributed by atoms with Crippen molar-refractivity contribution in [3.05, 3.63) is 47.3 Å². The van der Waals surface area contributed by atoms with Gasteiger partial charge in [0.2, 0.25) is 5.91 Å². The Morgan fingerprint density at radius 1 is 1.19 bits per heavy atom. The van der Waals surface area contributed by atoms with E-state index in [1.54, 1.807) is 0 Å². The lowest BCUT2D eigenvalue weighted by molar-refractivity contribution is -0.137. The van der Waals surface area contributed by atoms with E-state index in [0.29, 0.717) is 6.42 Å². The molecule has 4 amide bonds. The van der Waals surface area contributed by atoms with E-state index in [9.17, 15) is 14.4 Å². The number of carbonyl (C=O) groups excluding carboxylic acids is 3. The highest BCUT2D eigenvalue weighted by atomic mass is 16.2. The second kappa shape index (κ2) is 8.07. The topological polar surface area (TPSA) is 96.3 Å². The third kappa shape index (κ3) is 3.38. The lowest BCUT2D eigenvalue weighted by Gasteiger charge is -2.36. The van der Waals surface area contributed by atoms with Gasteiger partial charge >= 0.3 is 6.03 Å². The molecule has 2 atom stereocenters. The second-order valence-electron chi connectivity index (χ2n) is 9.19. The van der Waals surface area contributed by atoms with Crippen molar-refractivity contribution in [2.24, 2.45) is 5.92 Å². The molecule has 2 aromatic rings. The number of fused-ring (bicyclic) bond motifs is 1. The highest BCUT2D eigenvalue weighted by Crippen LogP contribution is 2.38. The van der Waals surface area contributed by atoms with Crippen molar-refractivity contribution in [2.75, 3.05) is 6.54 Å². The average molecular weight is 436 g/mol. The van der Waals surface area contributed by atoms with Gasteiger partial charge in [-0.1, -0.05) is 38.0 Å². The largest absolute Gasteiger partial charge is 0.349 e. The number of imide groups is 1. The Bertz CT molecular complexity index is 1060. The van der Waals surface area contributed by atoms with E-state index in [1.165, 1.54) is 11.3 Å². The Morgan fingerprint density at radius 2 is 2.00 bits per heavy atom. The molecule has 2 N–H and O–H groups in total. The zero-order chi connectivity index (χ0) is 22.3. The van der Waals surface area contributed by atoms with E-state index in [2.05, 4.69) is 10.6 Å².